The van der Waals surface area contributed by atoms with E-state index in [1.165, 1.54) is 24.3 Å². The summed E-state index contributed by atoms with van der Waals surface area (Å²) >= 11 is 0. The largest absolute Gasteiger partial charge is 0.573 e. The van der Waals surface area contributed by atoms with Crippen LogP contribution in [0.25, 0.3) is 11.1 Å². The quantitative estimate of drug-likeness (QED) is 0.295. The lowest BCUT2D eigenvalue weighted by atomic mass is 10.0. The van der Waals surface area contributed by atoms with E-state index in [1.54, 1.807) is 18.2 Å². The number of anilines is 1. The van der Waals surface area contributed by atoms with E-state index in [1.807, 2.05) is 17.3 Å². The first-order valence-electron chi connectivity index (χ1n) is 8.72. The third kappa shape index (κ3) is 5.39. The van der Waals surface area contributed by atoms with Crippen molar-refractivity contribution in [2.75, 3.05) is 25.4 Å². The summed E-state index contributed by atoms with van der Waals surface area (Å²) in [5.41, 5.74) is 10.7. The van der Waals surface area contributed by atoms with Gasteiger partial charge in [0.25, 0.3) is 5.91 Å². The fourth-order valence-corrected chi connectivity index (χ4v) is 2.80. The Morgan fingerprint density at radius 1 is 1.17 bits per heavy atom. The number of hydrogen-bond donors (Lipinski definition) is 3. The van der Waals surface area contributed by atoms with Crippen LogP contribution >= 0.6 is 0 Å². The molecule has 0 bridgehead atoms. The van der Waals surface area contributed by atoms with Crippen LogP contribution in [-0.2, 0) is 0 Å². The van der Waals surface area contributed by atoms with Crippen LogP contribution in [0.3, 0.4) is 0 Å². The number of halogens is 3. The molecule has 1 amide bonds. The Bertz CT molecular complexity index is 900. The van der Waals surface area contributed by atoms with Gasteiger partial charge in [0, 0.05) is 18.4 Å². The van der Waals surface area contributed by atoms with Crippen LogP contribution in [0.5, 0.6) is 5.75 Å². The predicted octanol–water partition coefficient (Wildman–Crippen LogP) is 2.48. The molecule has 0 radical (unpaired) electrons. The minimum Gasteiger partial charge on any atom is -0.406 e. The molecular weight excluding hydrogens is 387 g/mol. The number of hydrogen-bond acceptors (Lipinski definition) is 6. The zero-order valence-corrected chi connectivity index (χ0v) is 15.3. The number of carbonyl (C=O) groups excluding carboxylic acids is 1. The van der Waals surface area contributed by atoms with E-state index in [2.05, 4.69) is 10.2 Å². The smallest absolute Gasteiger partial charge is 0.406 e. The van der Waals surface area contributed by atoms with Crippen LogP contribution in [0.15, 0.2) is 54.7 Å². The minimum atomic E-state index is -4.76. The number of carbonyl (C=O) groups is 1. The summed E-state index contributed by atoms with van der Waals surface area (Å²) in [5.74, 6) is 5.11. The van der Waals surface area contributed by atoms with Crippen molar-refractivity contribution in [1.82, 2.24) is 15.4 Å². The van der Waals surface area contributed by atoms with Crippen molar-refractivity contribution in [3.63, 3.8) is 0 Å². The van der Waals surface area contributed by atoms with E-state index in [-0.39, 0.29) is 23.5 Å². The minimum absolute atomic E-state index is 0.213. The molecule has 10 heteroatoms. The Balaban J connectivity index is 1.73. The van der Waals surface area contributed by atoms with Crippen molar-refractivity contribution in [1.29, 1.82) is 0 Å². The van der Waals surface area contributed by atoms with Crippen molar-refractivity contribution in [3.8, 4) is 16.9 Å². The van der Waals surface area contributed by atoms with Gasteiger partial charge in [-0.25, -0.2) is 11.3 Å². The number of alkyl halides is 3. The van der Waals surface area contributed by atoms with Crippen molar-refractivity contribution < 1.29 is 22.7 Å². The Labute approximate surface area is 165 Å². The number of amides is 1. The highest BCUT2D eigenvalue weighted by molar-refractivity contribution is 6.00. The molecule has 2 aromatic rings. The highest BCUT2D eigenvalue weighted by Crippen LogP contribution is 2.28. The lowest BCUT2D eigenvalue weighted by Gasteiger charge is -2.22. The molecule has 0 saturated carbocycles. The Morgan fingerprint density at radius 2 is 1.86 bits per heavy atom. The molecule has 29 heavy (non-hydrogen) atoms. The summed E-state index contributed by atoms with van der Waals surface area (Å²) in [4.78, 5) is 12.7. The van der Waals surface area contributed by atoms with Crippen molar-refractivity contribution in [2.24, 2.45) is 5.84 Å². The molecule has 3 rings (SSSR count). The molecule has 0 aromatic heterocycles. The second kappa shape index (κ2) is 8.41. The van der Waals surface area contributed by atoms with E-state index in [0.717, 1.165) is 11.6 Å². The van der Waals surface area contributed by atoms with E-state index in [9.17, 15) is 18.0 Å². The SMILES string of the molecule is Nc1ccc(-c2ccc(OC(F)(F)F)cc2)cc1C(=O)N(N)CCN1C=CCN1. The second-order valence-corrected chi connectivity index (χ2v) is 6.31. The highest BCUT2D eigenvalue weighted by Gasteiger charge is 2.31. The van der Waals surface area contributed by atoms with E-state index in [0.29, 0.717) is 17.7 Å². The first-order valence-corrected chi connectivity index (χ1v) is 8.72. The Kier molecular flexibility index (Phi) is 5.95. The predicted molar refractivity (Wildman–Crippen MR) is 102 cm³/mol. The van der Waals surface area contributed by atoms with Crippen LogP contribution in [0.1, 0.15) is 10.4 Å². The summed E-state index contributed by atoms with van der Waals surface area (Å²) in [6.07, 6.45) is -0.956. The Morgan fingerprint density at radius 3 is 2.48 bits per heavy atom. The molecule has 0 unspecified atom stereocenters. The number of nitrogens with zero attached hydrogens (tertiary/aromatic N) is 2. The lowest BCUT2D eigenvalue weighted by Crippen LogP contribution is -2.44. The van der Waals surface area contributed by atoms with Gasteiger partial charge >= 0.3 is 6.36 Å². The van der Waals surface area contributed by atoms with Gasteiger partial charge in [0.05, 0.1) is 18.7 Å². The summed E-state index contributed by atoms with van der Waals surface area (Å²) in [6, 6.07) is 10.1. The number of nitrogens with one attached hydrogen (secondary N) is 1. The fourth-order valence-electron chi connectivity index (χ4n) is 2.80. The summed E-state index contributed by atoms with van der Waals surface area (Å²) < 4.78 is 40.7. The Hall–Kier alpha value is -3.24. The lowest BCUT2D eigenvalue weighted by molar-refractivity contribution is -0.274. The third-order valence-corrected chi connectivity index (χ3v) is 4.25. The molecule has 1 aliphatic rings. The molecular formula is C19H20F3N5O2. The third-order valence-electron chi connectivity index (χ3n) is 4.25. The molecule has 0 atom stereocenters. The van der Waals surface area contributed by atoms with Gasteiger partial charge in [-0.05, 0) is 35.4 Å². The molecule has 0 fully saturated rings. The van der Waals surface area contributed by atoms with Crippen molar-refractivity contribution in [3.05, 3.63) is 60.3 Å². The van der Waals surface area contributed by atoms with Gasteiger partial charge < -0.3 is 15.5 Å². The number of hydrazine groups is 2. The average Bonchev–Trinajstić information content (AvgIpc) is 3.19. The second-order valence-electron chi connectivity index (χ2n) is 6.31. The van der Waals surface area contributed by atoms with Crippen LogP contribution in [0.4, 0.5) is 18.9 Å². The average molecular weight is 407 g/mol. The zero-order chi connectivity index (χ0) is 21.0. The number of benzene rings is 2. The van der Waals surface area contributed by atoms with Crippen molar-refractivity contribution in [2.45, 2.75) is 6.36 Å². The molecule has 1 aliphatic heterocycles. The molecule has 2 aromatic carbocycles. The summed E-state index contributed by atoms with van der Waals surface area (Å²) in [6.45, 7) is 1.49. The maximum Gasteiger partial charge on any atom is 0.573 e. The van der Waals surface area contributed by atoms with Crippen LogP contribution in [0.2, 0.25) is 0 Å². The molecule has 0 aliphatic carbocycles. The van der Waals surface area contributed by atoms with E-state index in [4.69, 9.17) is 11.6 Å². The van der Waals surface area contributed by atoms with Gasteiger partial charge in [0.1, 0.15) is 5.75 Å². The van der Waals surface area contributed by atoms with Gasteiger partial charge in [-0.1, -0.05) is 24.3 Å². The van der Waals surface area contributed by atoms with Gasteiger partial charge in [-0.15, -0.1) is 13.2 Å². The summed E-state index contributed by atoms with van der Waals surface area (Å²) in [7, 11) is 0. The fraction of sp³-hybridized carbons (Fsp3) is 0.211. The van der Waals surface area contributed by atoms with E-state index < -0.39 is 12.3 Å². The van der Waals surface area contributed by atoms with Crippen LogP contribution in [0, 0.1) is 0 Å². The maximum atomic E-state index is 12.7. The molecule has 1 heterocycles. The standard InChI is InChI=1S/C19H20F3N5O2/c20-19(21,22)29-15-5-2-13(3-6-15)14-4-7-17(23)16(12-14)18(28)27(24)11-10-26-9-1-8-25-26/h1-7,9,12,25H,8,10-11,23-24H2. The van der Waals surface area contributed by atoms with Gasteiger partial charge in [-0.2, -0.15) is 0 Å². The number of nitrogen functional groups attached to an aromatic ring is 1. The van der Waals surface area contributed by atoms with Gasteiger partial charge in [0.2, 0.25) is 0 Å². The van der Waals surface area contributed by atoms with E-state index >= 15 is 0 Å². The van der Waals surface area contributed by atoms with Gasteiger partial charge in [-0.3, -0.25) is 9.80 Å². The molecule has 0 saturated heterocycles. The normalized spacial score (nSPS) is 13.6. The first kappa shape index (κ1) is 20.5. The maximum absolute atomic E-state index is 12.7. The monoisotopic (exact) mass is 407 g/mol. The number of nitrogens with two attached hydrogens (primary N) is 2. The van der Waals surface area contributed by atoms with Crippen LogP contribution < -0.4 is 21.7 Å². The van der Waals surface area contributed by atoms with Gasteiger partial charge in [0.15, 0.2) is 0 Å². The molecule has 154 valence electrons. The van der Waals surface area contributed by atoms with Crippen LogP contribution in [-0.4, -0.2) is 41.9 Å². The highest BCUT2D eigenvalue weighted by atomic mass is 19.4. The number of ether oxygens (including phenoxy) is 1. The first-order chi connectivity index (χ1) is 13.7. The zero-order valence-electron chi connectivity index (χ0n) is 15.3. The molecule has 7 nitrogen and oxygen atoms in total. The topological polar surface area (TPSA) is 96.8 Å². The molecule has 0 spiro atoms. The number of rotatable bonds is 6. The van der Waals surface area contributed by atoms with Crippen molar-refractivity contribution >= 4 is 11.6 Å². The molecule has 5 N–H and O–H groups in total. The summed E-state index contributed by atoms with van der Waals surface area (Å²) in [5, 5.41) is 2.89.